The molecule has 210 valence electrons. The average molecular weight is 542 g/mol. The highest BCUT2D eigenvalue weighted by molar-refractivity contribution is 7.57. The molecule has 0 aromatic heterocycles. The molecule has 5 nitrogen and oxygen atoms in total. The molecule has 6 heteroatoms. The third-order valence-corrected chi connectivity index (χ3v) is 9.19. The van der Waals surface area contributed by atoms with Gasteiger partial charge >= 0.3 is 0 Å². The van der Waals surface area contributed by atoms with Crippen LogP contribution in [-0.4, -0.2) is 44.5 Å². The summed E-state index contributed by atoms with van der Waals surface area (Å²) in [5.74, 6) is 3.02. The van der Waals surface area contributed by atoms with Crippen LogP contribution in [0.15, 0.2) is 42.5 Å². The van der Waals surface area contributed by atoms with Crippen molar-refractivity contribution >= 4 is 13.1 Å². The fourth-order valence-corrected chi connectivity index (χ4v) is 7.00. The van der Waals surface area contributed by atoms with Gasteiger partial charge in [0, 0.05) is 37.7 Å². The van der Waals surface area contributed by atoms with Crippen molar-refractivity contribution in [3.8, 4) is 11.5 Å². The number of benzene rings is 2. The zero-order chi connectivity index (χ0) is 27.3. The molecule has 0 radical (unpaired) electrons. The first-order valence-electron chi connectivity index (χ1n) is 14.4. The summed E-state index contributed by atoms with van der Waals surface area (Å²) in [5, 5.41) is 0. The van der Waals surface area contributed by atoms with Gasteiger partial charge in [-0.3, -0.25) is 4.57 Å². The second kappa shape index (κ2) is 12.5. The van der Waals surface area contributed by atoms with Crippen LogP contribution in [0.1, 0.15) is 76.3 Å². The Bertz CT molecular complexity index is 1090. The van der Waals surface area contributed by atoms with Gasteiger partial charge < -0.3 is 19.3 Å². The van der Waals surface area contributed by atoms with Crippen molar-refractivity contribution in [3.63, 3.8) is 0 Å². The number of ether oxygens (including phenoxy) is 2. The Kier molecular flexibility index (Phi) is 9.53. The molecule has 1 saturated carbocycles. The summed E-state index contributed by atoms with van der Waals surface area (Å²) in [6.45, 7) is 11.2. The minimum Gasteiger partial charge on any atom is -0.497 e. The highest BCUT2D eigenvalue weighted by Crippen LogP contribution is 2.50. The summed E-state index contributed by atoms with van der Waals surface area (Å²) in [6, 6.07) is 14.8. The van der Waals surface area contributed by atoms with Crippen LogP contribution >= 0.6 is 7.37 Å². The van der Waals surface area contributed by atoms with Gasteiger partial charge in [0.05, 0.1) is 13.7 Å². The smallest absolute Gasteiger partial charge is 0.198 e. The number of rotatable bonds is 12. The molecule has 1 N–H and O–H groups in total. The Morgan fingerprint density at radius 1 is 1.05 bits per heavy atom. The van der Waals surface area contributed by atoms with E-state index in [1.165, 1.54) is 30.8 Å². The predicted octanol–water partition coefficient (Wildman–Crippen LogP) is 7.75. The van der Waals surface area contributed by atoms with Gasteiger partial charge in [-0.05, 0) is 97.4 Å². The lowest BCUT2D eigenvalue weighted by Gasteiger charge is -2.35. The van der Waals surface area contributed by atoms with Gasteiger partial charge in [-0.1, -0.05) is 39.0 Å². The molecule has 4 rings (SSSR count). The van der Waals surface area contributed by atoms with E-state index < -0.39 is 7.37 Å². The molecule has 1 heterocycles. The molecule has 1 aliphatic carbocycles. The monoisotopic (exact) mass is 541 g/mol. The first kappa shape index (κ1) is 29.0. The quantitative estimate of drug-likeness (QED) is 0.278. The van der Waals surface area contributed by atoms with Crippen molar-refractivity contribution in [2.45, 2.75) is 71.6 Å². The van der Waals surface area contributed by atoms with E-state index in [0.29, 0.717) is 30.0 Å². The molecule has 1 aliphatic heterocycles. The number of aryl methyl sites for hydroxylation is 1. The number of methoxy groups -OCH3 is 1. The molecular weight excluding hydrogens is 493 g/mol. The Morgan fingerprint density at radius 3 is 2.42 bits per heavy atom. The minimum absolute atomic E-state index is 0.156. The lowest BCUT2D eigenvalue weighted by molar-refractivity contribution is 0.222. The molecule has 0 amide bonds. The molecular formula is C32H48NO4P. The maximum absolute atomic E-state index is 12.1. The van der Waals surface area contributed by atoms with Gasteiger partial charge in [-0.2, -0.15) is 0 Å². The normalized spacial score (nSPS) is 19.2. The summed E-state index contributed by atoms with van der Waals surface area (Å²) in [4.78, 5) is 12.5. The topological polar surface area (TPSA) is 59.0 Å². The summed E-state index contributed by atoms with van der Waals surface area (Å²) >= 11 is 0. The predicted molar refractivity (Wildman–Crippen MR) is 158 cm³/mol. The molecule has 2 fully saturated rings. The highest BCUT2D eigenvalue weighted by Gasteiger charge is 2.35. The first-order valence-corrected chi connectivity index (χ1v) is 16.7. The molecule has 2 atom stereocenters. The summed E-state index contributed by atoms with van der Waals surface area (Å²) in [6.07, 6.45) is 8.39. The molecule has 0 bridgehead atoms. The van der Waals surface area contributed by atoms with E-state index in [1.54, 1.807) is 7.11 Å². The molecule has 2 aromatic carbocycles. The summed E-state index contributed by atoms with van der Waals surface area (Å²) < 4.78 is 24.0. The minimum atomic E-state index is -3.06. The summed E-state index contributed by atoms with van der Waals surface area (Å²) in [7, 11) is -1.32. The van der Waals surface area contributed by atoms with Crippen molar-refractivity contribution in [3.05, 3.63) is 53.6 Å². The Labute approximate surface area is 230 Å². The van der Waals surface area contributed by atoms with Crippen LogP contribution in [0.25, 0.3) is 0 Å². The third kappa shape index (κ3) is 8.78. The Hall–Kier alpha value is -1.97. The summed E-state index contributed by atoms with van der Waals surface area (Å²) in [5.41, 5.74) is 4.26. The van der Waals surface area contributed by atoms with E-state index in [9.17, 15) is 9.46 Å². The van der Waals surface area contributed by atoms with E-state index in [4.69, 9.17) is 9.47 Å². The van der Waals surface area contributed by atoms with E-state index in [1.807, 2.05) is 12.1 Å². The Morgan fingerprint density at radius 2 is 1.79 bits per heavy atom. The van der Waals surface area contributed by atoms with E-state index >= 15 is 0 Å². The second-order valence-electron chi connectivity index (χ2n) is 12.9. The highest BCUT2D eigenvalue weighted by atomic mass is 31.2. The van der Waals surface area contributed by atoms with Gasteiger partial charge in [0.15, 0.2) is 7.37 Å². The van der Waals surface area contributed by atoms with Crippen LogP contribution in [0.2, 0.25) is 0 Å². The zero-order valence-corrected chi connectivity index (χ0v) is 25.0. The third-order valence-electron chi connectivity index (χ3n) is 8.12. The van der Waals surface area contributed by atoms with Crippen LogP contribution in [0.5, 0.6) is 11.5 Å². The van der Waals surface area contributed by atoms with Crippen molar-refractivity contribution in [2.75, 3.05) is 44.5 Å². The lowest BCUT2D eigenvalue weighted by atomic mass is 9.88. The zero-order valence-electron chi connectivity index (χ0n) is 24.1. The molecule has 2 aromatic rings. The standard InChI is InChI=1S/C32H48NO4P/c1-32(2,3)17-7-9-26-13-14-28(36-4)21-31(26)33-18-15-24(16-19-33)22-37-29-10-6-8-27(20-29)30(25-11-12-25)23-38(5,34)35/h6,8,10,13-14,20-21,24-25,30H,7,9,11-12,15-19,22-23H2,1-5H3,(H,34,35). The van der Waals surface area contributed by atoms with Crippen LogP contribution in [0, 0.1) is 17.3 Å². The van der Waals surface area contributed by atoms with Crippen molar-refractivity contribution in [2.24, 2.45) is 17.3 Å². The van der Waals surface area contributed by atoms with Crippen LogP contribution in [0.4, 0.5) is 5.69 Å². The fourth-order valence-electron chi connectivity index (χ4n) is 5.77. The maximum Gasteiger partial charge on any atom is 0.198 e. The molecule has 0 spiro atoms. The largest absolute Gasteiger partial charge is 0.497 e. The molecule has 38 heavy (non-hydrogen) atoms. The van der Waals surface area contributed by atoms with E-state index in [0.717, 1.165) is 62.3 Å². The number of anilines is 1. The van der Waals surface area contributed by atoms with Crippen molar-refractivity contribution < 1.29 is 18.9 Å². The SMILES string of the molecule is COc1ccc(CCCC(C)(C)C)c(N2CCC(COc3cccc(C(CP(C)(=O)O)C4CC4)c3)CC2)c1. The molecule has 2 unspecified atom stereocenters. The van der Waals surface area contributed by atoms with Crippen molar-refractivity contribution in [1.29, 1.82) is 0 Å². The van der Waals surface area contributed by atoms with Gasteiger partial charge in [-0.25, -0.2) is 0 Å². The molecule has 2 aliphatic rings. The first-order chi connectivity index (χ1) is 18.0. The van der Waals surface area contributed by atoms with Crippen molar-refractivity contribution in [1.82, 2.24) is 0 Å². The lowest BCUT2D eigenvalue weighted by Crippen LogP contribution is -2.36. The second-order valence-corrected chi connectivity index (χ2v) is 15.4. The Balaban J connectivity index is 1.33. The van der Waals surface area contributed by atoms with Gasteiger partial charge in [0.25, 0.3) is 0 Å². The van der Waals surface area contributed by atoms with Gasteiger partial charge in [0.1, 0.15) is 11.5 Å². The van der Waals surface area contributed by atoms with Gasteiger partial charge in [0.2, 0.25) is 0 Å². The van der Waals surface area contributed by atoms with Crippen LogP contribution in [0.3, 0.4) is 0 Å². The number of hydrogen-bond acceptors (Lipinski definition) is 4. The van der Waals surface area contributed by atoms with E-state index in [-0.39, 0.29) is 5.92 Å². The van der Waals surface area contributed by atoms with Gasteiger partial charge in [-0.15, -0.1) is 0 Å². The number of piperidine rings is 1. The van der Waals surface area contributed by atoms with Crippen LogP contribution in [-0.2, 0) is 11.0 Å². The average Bonchev–Trinajstić information content (AvgIpc) is 3.71. The number of hydrogen-bond donors (Lipinski definition) is 1. The maximum atomic E-state index is 12.1. The van der Waals surface area contributed by atoms with Crippen LogP contribution < -0.4 is 14.4 Å². The molecule has 1 saturated heterocycles. The number of nitrogens with zero attached hydrogens (tertiary/aromatic N) is 1. The fraction of sp³-hybridized carbons (Fsp3) is 0.625. The van der Waals surface area contributed by atoms with E-state index in [2.05, 4.69) is 56.0 Å².